The van der Waals surface area contributed by atoms with Crippen molar-refractivity contribution in [3.8, 4) is 0 Å². The molecular formula is C14H21N3O3. The summed E-state index contributed by atoms with van der Waals surface area (Å²) >= 11 is 0. The van der Waals surface area contributed by atoms with Gasteiger partial charge in [0.2, 0.25) is 0 Å². The number of amides is 1. The average molecular weight is 279 g/mol. The predicted molar refractivity (Wildman–Crippen MR) is 73.5 cm³/mol. The highest BCUT2D eigenvalue weighted by Crippen LogP contribution is 2.35. The number of rotatable bonds is 4. The number of likely N-dealkylation sites (tertiary alicyclic amines) is 1. The van der Waals surface area contributed by atoms with Crippen LogP contribution in [0, 0.1) is 6.92 Å². The van der Waals surface area contributed by atoms with Crippen molar-refractivity contribution >= 4 is 11.9 Å². The van der Waals surface area contributed by atoms with E-state index >= 15 is 0 Å². The second-order valence-corrected chi connectivity index (χ2v) is 5.41. The van der Waals surface area contributed by atoms with Crippen LogP contribution in [0.4, 0.5) is 0 Å². The molecule has 1 aliphatic rings. The standard InChI is InChI=1S/C14H21N3O3/c1-4-6-14(13(19)20)7-5-8-17(14)12(18)11-9-15-16(3)10(11)2/h9H,4-8H2,1-3H3,(H,19,20). The van der Waals surface area contributed by atoms with Crippen molar-refractivity contribution in [3.05, 3.63) is 17.5 Å². The Morgan fingerprint density at radius 3 is 2.70 bits per heavy atom. The van der Waals surface area contributed by atoms with Gasteiger partial charge >= 0.3 is 5.97 Å². The van der Waals surface area contributed by atoms with E-state index in [9.17, 15) is 14.7 Å². The summed E-state index contributed by atoms with van der Waals surface area (Å²) in [7, 11) is 1.77. The van der Waals surface area contributed by atoms with Gasteiger partial charge in [0.1, 0.15) is 5.54 Å². The van der Waals surface area contributed by atoms with Gasteiger partial charge in [-0.05, 0) is 26.2 Å². The monoisotopic (exact) mass is 279 g/mol. The fourth-order valence-corrected chi connectivity index (χ4v) is 3.03. The van der Waals surface area contributed by atoms with Gasteiger partial charge in [0.25, 0.3) is 5.91 Å². The third-order valence-corrected chi connectivity index (χ3v) is 4.26. The van der Waals surface area contributed by atoms with Gasteiger partial charge in [-0.25, -0.2) is 4.79 Å². The smallest absolute Gasteiger partial charge is 0.329 e. The molecule has 1 unspecified atom stereocenters. The van der Waals surface area contributed by atoms with Crippen molar-refractivity contribution in [3.63, 3.8) is 0 Å². The summed E-state index contributed by atoms with van der Waals surface area (Å²) < 4.78 is 1.63. The number of carboxylic acid groups (broad SMARTS) is 1. The molecule has 0 saturated carbocycles. The van der Waals surface area contributed by atoms with Gasteiger partial charge in [0, 0.05) is 19.3 Å². The lowest BCUT2D eigenvalue weighted by molar-refractivity contribution is -0.148. The second-order valence-electron chi connectivity index (χ2n) is 5.41. The molecule has 1 N–H and O–H groups in total. The Morgan fingerprint density at radius 2 is 2.20 bits per heavy atom. The molecule has 20 heavy (non-hydrogen) atoms. The normalized spacial score (nSPS) is 22.2. The fraction of sp³-hybridized carbons (Fsp3) is 0.643. The Balaban J connectivity index is 2.37. The second kappa shape index (κ2) is 5.26. The largest absolute Gasteiger partial charge is 0.479 e. The quantitative estimate of drug-likeness (QED) is 0.908. The first-order chi connectivity index (χ1) is 9.44. The molecule has 1 aliphatic heterocycles. The summed E-state index contributed by atoms with van der Waals surface area (Å²) in [4.78, 5) is 26.0. The predicted octanol–water partition coefficient (Wildman–Crippen LogP) is 1.59. The van der Waals surface area contributed by atoms with Gasteiger partial charge in [-0.1, -0.05) is 13.3 Å². The van der Waals surface area contributed by atoms with E-state index in [0.29, 0.717) is 24.9 Å². The molecule has 2 heterocycles. The molecule has 1 atom stereocenters. The Hall–Kier alpha value is -1.85. The third kappa shape index (κ3) is 2.09. The minimum atomic E-state index is -1.05. The lowest BCUT2D eigenvalue weighted by atomic mass is 9.90. The van der Waals surface area contributed by atoms with E-state index in [1.165, 1.54) is 11.1 Å². The number of aromatic nitrogens is 2. The van der Waals surface area contributed by atoms with Crippen LogP contribution in [-0.4, -0.2) is 43.7 Å². The molecule has 0 aliphatic carbocycles. The minimum Gasteiger partial charge on any atom is -0.479 e. The molecule has 1 aromatic heterocycles. The first-order valence-corrected chi connectivity index (χ1v) is 6.98. The number of hydrogen-bond donors (Lipinski definition) is 1. The summed E-state index contributed by atoms with van der Waals surface area (Å²) in [6.07, 6.45) is 4.02. The highest BCUT2D eigenvalue weighted by atomic mass is 16.4. The number of aryl methyl sites for hydroxylation is 1. The van der Waals surface area contributed by atoms with Crippen LogP contribution in [-0.2, 0) is 11.8 Å². The lowest BCUT2D eigenvalue weighted by Crippen LogP contribution is -2.53. The van der Waals surface area contributed by atoms with Crippen molar-refractivity contribution in [2.24, 2.45) is 7.05 Å². The van der Waals surface area contributed by atoms with Gasteiger partial charge in [0.05, 0.1) is 11.8 Å². The zero-order valence-electron chi connectivity index (χ0n) is 12.2. The van der Waals surface area contributed by atoms with E-state index in [0.717, 1.165) is 18.5 Å². The van der Waals surface area contributed by atoms with Crippen LogP contribution >= 0.6 is 0 Å². The summed E-state index contributed by atoms with van der Waals surface area (Å²) in [5.41, 5.74) is 0.211. The Morgan fingerprint density at radius 1 is 1.50 bits per heavy atom. The van der Waals surface area contributed by atoms with Crippen molar-refractivity contribution in [1.29, 1.82) is 0 Å². The molecule has 6 heteroatoms. The van der Waals surface area contributed by atoms with Crippen molar-refractivity contribution in [1.82, 2.24) is 14.7 Å². The first-order valence-electron chi connectivity index (χ1n) is 6.98. The van der Waals surface area contributed by atoms with Crippen LogP contribution in [0.15, 0.2) is 6.20 Å². The molecule has 0 spiro atoms. The number of hydrogen-bond acceptors (Lipinski definition) is 3. The number of carbonyl (C=O) groups excluding carboxylic acids is 1. The molecule has 1 fully saturated rings. The van der Waals surface area contributed by atoms with Crippen LogP contribution in [0.25, 0.3) is 0 Å². The van der Waals surface area contributed by atoms with E-state index in [1.54, 1.807) is 11.7 Å². The van der Waals surface area contributed by atoms with Gasteiger partial charge < -0.3 is 10.0 Å². The van der Waals surface area contributed by atoms with Crippen LogP contribution in [0.1, 0.15) is 48.7 Å². The molecule has 2 rings (SSSR count). The number of aliphatic carboxylic acids is 1. The van der Waals surface area contributed by atoms with E-state index in [1.807, 2.05) is 13.8 Å². The molecule has 1 saturated heterocycles. The maximum absolute atomic E-state index is 12.7. The molecule has 0 aromatic carbocycles. The molecule has 0 radical (unpaired) electrons. The molecule has 1 amide bonds. The van der Waals surface area contributed by atoms with Crippen molar-refractivity contribution in [2.45, 2.75) is 45.1 Å². The molecule has 110 valence electrons. The highest BCUT2D eigenvalue weighted by molar-refractivity contribution is 5.99. The molecular weight excluding hydrogens is 258 g/mol. The molecule has 1 aromatic rings. The van der Waals surface area contributed by atoms with Crippen molar-refractivity contribution in [2.75, 3.05) is 6.54 Å². The summed E-state index contributed by atoms with van der Waals surface area (Å²) in [5, 5.41) is 13.7. The van der Waals surface area contributed by atoms with E-state index < -0.39 is 11.5 Å². The van der Waals surface area contributed by atoms with Gasteiger partial charge in [-0.2, -0.15) is 5.10 Å². The maximum Gasteiger partial charge on any atom is 0.329 e. The fourth-order valence-electron chi connectivity index (χ4n) is 3.03. The topological polar surface area (TPSA) is 75.4 Å². The third-order valence-electron chi connectivity index (χ3n) is 4.26. The van der Waals surface area contributed by atoms with Gasteiger partial charge in [0.15, 0.2) is 0 Å². The van der Waals surface area contributed by atoms with Crippen LogP contribution in [0.5, 0.6) is 0 Å². The van der Waals surface area contributed by atoms with Crippen LogP contribution < -0.4 is 0 Å². The zero-order chi connectivity index (χ0) is 14.9. The minimum absolute atomic E-state index is 0.219. The lowest BCUT2D eigenvalue weighted by Gasteiger charge is -2.34. The van der Waals surface area contributed by atoms with E-state index in [4.69, 9.17) is 0 Å². The summed E-state index contributed by atoms with van der Waals surface area (Å²) in [6, 6.07) is 0. The molecule has 0 bridgehead atoms. The SMILES string of the molecule is CCCC1(C(=O)O)CCCN1C(=O)c1cnn(C)c1C. The maximum atomic E-state index is 12.7. The van der Waals surface area contributed by atoms with E-state index in [2.05, 4.69) is 5.10 Å². The van der Waals surface area contributed by atoms with Gasteiger partial charge in [-0.3, -0.25) is 9.48 Å². The summed E-state index contributed by atoms with van der Waals surface area (Å²) in [5.74, 6) is -1.12. The van der Waals surface area contributed by atoms with Crippen LogP contribution in [0.3, 0.4) is 0 Å². The zero-order valence-corrected chi connectivity index (χ0v) is 12.2. The molecule has 6 nitrogen and oxygen atoms in total. The Labute approximate surface area is 118 Å². The van der Waals surface area contributed by atoms with Crippen molar-refractivity contribution < 1.29 is 14.7 Å². The van der Waals surface area contributed by atoms with Crippen LogP contribution in [0.2, 0.25) is 0 Å². The Bertz CT molecular complexity index is 538. The first kappa shape index (κ1) is 14.6. The average Bonchev–Trinajstić information content (AvgIpc) is 2.96. The number of carboxylic acids is 1. The van der Waals surface area contributed by atoms with E-state index in [-0.39, 0.29) is 5.91 Å². The highest BCUT2D eigenvalue weighted by Gasteiger charge is 2.49. The van der Waals surface area contributed by atoms with Gasteiger partial charge in [-0.15, -0.1) is 0 Å². The Kier molecular flexibility index (Phi) is 3.83. The number of nitrogens with zero attached hydrogens (tertiary/aromatic N) is 3. The number of carbonyl (C=O) groups is 2. The summed E-state index contributed by atoms with van der Waals surface area (Å²) in [6.45, 7) is 4.26.